The highest BCUT2D eigenvalue weighted by molar-refractivity contribution is 7.71. The van der Waals surface area contributed by atoms with Crippen LogP contribution in [0, 0.1) is 4.77 Å². The van der Waals surface area contributed by atoms with Crippen LogP contribution < -0.4 is 0 Å². The number of hydrogen-bond acceptors (Lipinski definition) is 3. The van der Waals surface area contributed by atoms with E-state index in [1.807, 2.05) is 0 Å². The number of ether oxygens (including phenoxy) is 1. The predicted molar refractivity (Wildman–Crippen MR) is 67.2 cm³/mol. The smallest absolute Gasteiger partial charge is 0.195 e. The van der Waals surface area contributed by atoms with Gasteiger partial charge in [-0.2, -0.15) is 5.10 Å². The third-order valence-corrected chi connectivity index (χ3v) is 2.50. The zero-order valence-corrected chi connectivity index (χ0v) is 11.4. The summed E-state index contributed by atoms with van der Waals surface area (Å²) >= 11 is 5.23. The quantitative estimate of drug-likeness (QED) is 0.638. The highest BCUT2D eigenvalue weighted by atomic mass is 32.1. The van der Waals surface area contributed by atoms with E-state index in [1.165, 1.54) is 0 Å². The van der Waals surface area contributed by atoms with E-state index in [0.29, 0.717) is 11.4 Å². The van der Waals surface area contributed by atoms with E-state index >= 15 is 0 Å². The Morgan fingerprint density at radius 1 is 1.38 bits per heavy atom. The van der Waals surface area contributed by atoms with Crippen molar-refractivity contribution in [3.05, 3.63) is 10.6 Å². The minimum absolute atomic E-state index is 0.0375. The van der Waals surface area contributed by atoms with E-state index in [1.54, 1.807) is 0 Å². The third-order valence-electron chi connectivity index (χ3n) is 2.23. The van der Waals surface area contributed by atoms with Crippen LogP contribution in [0.5, 0.6) is 0 Å². The minimum atomic E-state index is -0.0375. The zero-order chi connectivity index (χ0) is 12.2. The molecule has 0 bridgehead atoms. The summed E-state index contributed by atoms with van der Waals surface area (Å²) in [4.78, 5) is 0. The topological polar surface area (TPSA) is 42.8 Å². The van der Waals surface area contributed by atoms with Gasteiger partial charge in [0.2, 0.25) is 0 Å². The molecule has 0 saturated carbocycles. The maximum Gasteiger partial charge on any atom is 0.195 e. The van der Waals surface area contributed by atoms with Gasteiger partial charge in [0, 0.05) is 18.6 Å². The Morgan fingerprint density at radius 3 is 2.62 bits per heavy atom. The first-order chi connectivity index (χ1) is 7.46. The van der Waals surface area contributed by atoms with E-state index < -0.39 is 0 Å². The van der Waals surface area contributed by atoms with Crippen LogP contribution >= 0.6 is 12.2 Å². The standard InChI is InChI=1S/C11H21N3OS/c1-5-7-15-8-6-9-12-13-10(16)14(9)11(2,3)4/h5-8H2,1-4H3,(H,13,16). The maximum absolute atomic E-state index is 5.46. The van der Waals surface area contributed by atoms with E-state index in [4.69, 9.17) is 17.0 Å². The fraction of sp³-hybridized carbons (Fsp3) is 0.818. The Morgan fingerprint density at radius 2 is 2.06 bits per heavy atom. The van der Waals surface area contributed by atoms with Crippen molar-refractivity contribution >= 4 is 12.2 Å². The molecule has 1 heterocycles. The minimum Gasteiger partial charge on any atom is -0.381 e. The lowest BCUT2D eigenvalue weighted by Crippen LogP contribution is -2.25. The van der Waals surface area contributed by atoms with Gasteiger partial charge in [0.1, 0.15) is 5.82 Å². The van der Waals surface area contributed by atoms with Crippen molar-refractivity contribution in [2.75, 3.05) is 13.2 Å². The normalized spacial score (nSPS) is 12.0. The summed E-state index contributed by atoms with van der Waals surface area (Å²) in [5.74, 6) is 0.966. The van der Waals surface area contributed by atoms with Crippen molar-refractivity contribution in [3.63, 3.8) is 0 Å². The molecule has 92 valence electrons. The van der Waals surface area contributed by atoms with E-state index in [-0.39, 0.29) is 5.54 Å². The first kappa shape index (κ1) is 13.4. The Labute approximate surface area is 102 Å². The Balaban J connectivity index is 2.70. The summed E-state index contributed by atoms with van der Waals surface area (Å²) in [6.45, 7) is 9.97. The number of aromatic amines is 1. The van der Waals surface area contributed by atoms with Gasteiger partial charge in [0.15, 0.2) is 4.77 Å². The van der Waals surface area contributed by atoms with Gasteiger partial charge in [-0.3, -0.25) is 9.67 Å². The van der Waals surface area contributed by atoms with Crippen molar-refractivity contribution in [2.24, 2.45) is 0 Å². The average Bonchev–Trinajstić information content (AvgIpc) is 2.54. The molecule has 0 amide bonds. The van der Waals surface area contributed by atoms with Gasteiger partial charge in [0.05, 0.1) is 6.61 Å². The predicted octanol–water partition coefficient (Wildman–Crippen LogP) is 2.66. The first-order valence-electron chi connectivity index (χ1n) is 5.71. The molecule has 1 aromatic rings. The maximum atomic E-state index is 5.46. The molecule has 0 spiro atoms. The SMILES string of the molecule is CCCOCCc1n[nH]c(=S)n1C(C)(C)C. The van der Waals surface area contributed by atoms with Gasteiger partial charge in [-0.25, -0.2) is 0 Å². The molecule has 0 aliphatic heterocycles. The molecular formula is C11H21N3OS. The van der Waals surface area contributed by atoms with Gasteiger partial charge < -0.3 is 4.74 Å². The molecule has 0 aliphatic rings. The molecule has 16 heavy (non-hydrogen) atoms. The fourth-order valence-electron chi connectivity index (χ4n) is 1.60. The summed E-state index contributed by atoms with van der Waals surface area (Å²) in [5, 5.41) is 7.09. The van der Waals surface area contributed by atoms with Crippen molar-refractivity contribution in [2.45, 2.75) is 46.1 Å². The van der Waals surface area contributed by atoms with Crippen LogP contribution in [0.25, 0.3) is 0 Å². The Hall–Kier alpha value is -0.680. The summed E-state index contributed by atoms with van der Waals surface area (Å²) in [5.41, 5.74) is -0.0375. The molecule has 0 radical (unpaired) electrons. The number of aromatic nitrogens is 3. The summed E-state index contributed by atoms with van der Waals surface area (Å²) in [6, 6.07) is 0. The number of H-pyrrole nitrogens is 1. The van der Waals surface area contributed by atoms with Gasteiger partial charge in [-0.1, -0.05) is 6.92 Å². The van der Waals surface area contributed by atoms with Crippen molar-refractivity contribution in [3.8, 4) is 0 Å². The van der Waals surface area contributed by atoms with Crippen LogP contribution in [-0.4, -0.2) is 28.0 Å². The van der Waals surface area contributed by atoms with Crippen molar-refractivity contribution in [1.29, 1.82) is 0 Å². The molecule has 0 unspecified atom stereocenters. The molecule has 5 heteroatoms. The Kier molecular flexibility index (Phi) is 4.68. The Bertz CT molecular complexity index is 375. The lowest BCUT2D eigenvalue weighted by molar-refractivity contribution is 0.135. The monoisotopic (exact) mass is 243 g/mol. The lowest BCUT2D eigenvalue weighted by Gasteiger charge is -2.22. The molecule has 1 rings (SSSR count). The van der Waals surface area contributed by atoms with Gasteiger partial charge in [-0.15, -0.1) is 0 Å². The second-order valence-electron chi connectivity index (χ2n) is 4.81. The third kappa shape index (κ3) is 3.42. The number of nitrogens with one attached hydrogen (secondary N) is 1. The molecule has 0 aromatic carbocycles. The molecule has 0 fully saturated rings. The first-order valence-corrected chi connectivity index (χ1v) is 6.12. The zero-order valence-electron chi connectivity index (χ0n) is 10.5. The van der Waals surface area contributed by atoms with Crippen LogP contribution in [-0.2, 0) is 16.7 Å². The molecular weight excluding hydrogens is 222 g/mol. The lowest BCUT2D eigenvalue weighted by atomic mass is 10.1. The number of hydrogen-bond donors (Lipinski definition) is 1. The molecule has 0 atom stereocenters. The highest BCUT2D eigenvalue weighted by Gasteiger charge is 2.18. The second-order valence-corrected chi connectivity index (χ2v) is 5.20. The van der Waals surface area contributed by atoms with E-state index in [2.05, 4.69) is 42.5 Å². The van der Waals surface area contributed by atoms with Crippen molar-refractivity contribution in [1.82, 2.24) is 14.8 Å². The van der Waals surface area contributed by atoms with Crippen LogP contribution in [0.3, 0.4) is 0 Å². The fourth-order valence-corrected chi connectivity index (χ4v) is 2.02. The summed E-state index contributed by atoms with van der Waals surface area (Å²) in [7, 11) is 0. The van der Waals surface area contributed by atoms with Crippen LogP contribution in [0.1, 0.15) is 39.9 Å². The van der Waals surface area contributed by atoms with Crippen molar-refractivity contribution < 1.29 is 4.74 Å². The molecule has 0 aliphatic carbocycles. The van der Waals surface area contributed by atoms with Crippen LogP contribution in [0.2, 0.25) is 0 Å². The largest absolute Gasteiger partial charge is 0.381 e. The van der Waals surface area contributed by atoms with Crippen LogP contribution in [0.15, 0.2) is 0 Å². The highest BCUT2D eigenvalue weighted by Crippen LogP contribution is 2.16. The van der Waals surface area contributed by atoms with Gasteiger partial charge in [-0.05, 0) is 39.4 Å². The summed E-state index contributed by atoms with van der Waals surface area (Å²) in [6.07, 6.45) is 1.84. The van der Waals surface area contributed by atoms with Gasteiger partial charge >= 0.3 is 0 Å². The van der Waals surface area contributed by atoms with Crippen LogP contribution in [0.4, 0.5) is 0 Å². The molecule has 4 nitrogen and oxygen atoms in total. The number of rotatable bonds is 5. The molecule has 1 N–H and O–H groups in total. The van der Waals surface area contributed by atoms with Gasteiger partial charge in [0.25, 0.3) is 0 Å². The van der Waals surface area contributed by atoms with E-state index in [0.717, 1.165) is 25.3 Å². The molecule has 1 aromatic heterocycles. The second kappa shape index (κ2) is 5.59. The average molecular weight is 243 g/mol. The molecule has 0 saturated heterocycles. The summed E-state index contributed by atoms with van der Waals surface area (Å²) < 4.78 is 8.19. The number of nitrogens with zero attached hydrogens (tertiary/aromatic N) is 2. The van der Waals surface area contributed by atoms with E-state index in [9.17, 15) is 0 Å².